The summed E-state index contributed by atoms with van der Waals surface area (Å²) in [5, 5.41) is 7.58. The molecule has 2 rings (SSSR count). The predicted molar refractivity (Wildman–Crippen MR) is 85.7 cm³/mol. The molecule has 0 saturated carbocycles. The molecule has 5 nitrogen and oxygen atoms in total. The summed E-state index contributed by atoms with van der Waals surface area (Å²) >= 11 is 6.12. The minimum atomic E-state index is 0.232. The lowest BCUT2D eigenvalue weighted by atomic mass is 9.91. The van der Waals surface area contributed by atoms with Crippen LogP contribution < -0.4 is 0 Å². The molecule has 0 spiro atoms. The van der Waals surface area contributed by atoms with Gasteiger partial charge in [0.25, 0.3) is 0 Å². The third-order valence-electron chi connectivity index (χ3n) is 3.90. The number of hydrogen-bond acceptors (Lipinski definition) is 4. The van der Waals surface area contributed by atoms with E-state index in [1.165, 1.54) is 0 Å². The van der Waals surface area contributed by atoms with Crippen LogP contribution in [0.3, 0.4) is 0 Å². The van der Waals surface area contributed by atoms with Gasteiger partial charge in [-0.15, -0.1) is 0 Å². The van der Waals surface area contributed by atoms with Gasteiger partial charge in [0, 0.05) is 44.0 Å². The predicted octanol–water partition coefficient (Wildman–Crippen LogP) is 2.16. The normalized spacial score (nSPS) is 17.6. The minimum absolute atomic E-state index is 0.232. The number of rotatable bonds is 6. The van der Waals surface area contributed by atoms with Gasteiger partial charge in [0.05, 0.1) is 13.2 Å². The molecule has 1 N–H and O–H groups in total. The summed E-state index contributed by atoms with van der Waals surface area (Å²) < 4.78 is 5.41. The van der Waals surface area contributed by atoms with Crippen molar-refractivity contribution in [3.8, 4) is 0 Å². The molecule has 1 aliphatic heterocycles. The van der Waals surface area contributed by atoms with Crippen LogP contribution in [0, 0.1) is 12.3 Å². The third kappa shape index (κ3) is 4.95. The molecule has 1 aromatic rings. The Bertz CT molecular complexity index is 435. The Morgan fingerprint density at radius 3 is 2.62 bits per heavy atom. The van der Waals surface area contributed by atoms with Crippen molar-refractivity contribution in [2.75, 3.05) is 46.4 Å². The number of hydrogen-bond donors (Lipinski definition) is 1. The maximum atomic E-state index is 6.12. The first kappa shape index (κ1) is 16.7. The molecule has 0 unspecified atom stereocenters. The summed E-state index contributed by atoms with van der Waals surface area (Å²) in [6.45, 7) is 13.4. The average Bonchev–Trinajstić information content (AvgIpc) is 2.70. The molecule has 1 aliphatic rings. The summed E-state index contributed by atoms with van der Waals surface area (Å²) in [6, 6.07) is 0. The Morgan fingerprint density at radius 1 is 1.38 bits per heavy atom. The zero-order valence-corrected chi connectivity index (χ0v) is 14.3. The van der Waals surface area contributed by atoms with Crippen molar-refractivity contribution in [2.24, 2.45) is 5.41 Å². The second kappa shape index (κ2) is 7.09. The van der Waals surface area contributed by atoms with E-state index in [0.29, 0.717) is 5.15 Å². The highest BCUT2D eigenvalue weighted by atomic mass is 35.5. The number of aryl methyl sites for hydroxylation is 1. The fourth-order valence-corrected chi connectivity index (χ4v) is 3.32. The first-order valence-corrected chi connectivity index (χ1v) is 7.93. The van der Waals surface area contributed by atoms with E-state index in [-0.39, 0.29) is 5.41 Å². The topological polar surface area (TPSA) is 44.4 Å². The molecule has 2 heterocycles. The number of halogens is 1. The van der Waals surface area contributed by atoms with Gasteiger partial charge in [0.15, 0.2) is 5.15 Å². The first-order valence-electron chi connectivity index (χ1n) is 7.55. The molecular weight excluding hydrogens is 288 g/mol. The van der Waals surface area contributed by atoms with Crippen LogP contribution in [0.4, 0.5) is 0 Å². The molecule has 0 amide bonds. The van der Waals surface area contributed by atoms with E-state index in [9.17, 15) is 0 Å². The van der Waals surface area contributed by atoms with Crippen LogP contribution in [0.1, 0.15) is 25.1 Å². The Hall–Kier alpha value is -0.620. The molecule has 1 fully saturated rings. The van der Waals surface area contributed by atoms with Gasteiger partial charge in [-0.3, -0.25) is 10.00 Å². The van der Waals surface area contributed by atoms with Gasteiger partial charge in [-0.2, -0.15) is 5.10 Å². The molecule has 6 heteroatoms. The Balaban J connectivity index is 1.86. The maximum absolute atomic E-state index is 6.12. The molecule has 0 atom stereocenters. The lowest BCUT2D eigenvalue weighted by Crippen LogP contribution is -2.45. The molecule has 0 aliphatic carbocycles. The largest absolute Gasteiger partial charge is 0.379 e. The van der Waals surface area contributed by atoms with Crippen molar-refractivity contribution in [3.05, 3.63) is 16.4 Å². The summed E-state index contributed by atoms with van der Waals surface area (Å²) in [6.07, 6.45) is 0. The summed E-state index contributed by atoms with van der Waals surface area (Å²) in [5.41, 5.74) is 2.38. The standard InChI is InChI=1S/C15H27ClN4O/c1-12-13(14(16)18-17-12)9-19(4)10-15(2,3)11-20-5-7-21-8-6-20/h5-11H2,1-4H3,(H,17,18). The zero-order valence-electron chi connectivity index (χ0n) is 13.6. The summed E-state index contributed by atoms with van der Waals surface area (Å²) in [7, 11) is 2.14. The molecule has 21 heavy (non-hydrogen) atoms. The molecule has 120 valence electrons. The zero-order chi connectivity index (χ0) is 15.5. The quantitative estimate of drug-likeness (QED) is 0.874. The Morgan fingerprint density at radius 2 is 2.05 bits per heavy atom. The molecule has 1 saturated heterocycles. The molecule has 1 aromatic heterocycles. The lowest BCUT2D eigenvalue weighted by Gasteiger charge is -2.37. The molecule has 0 radical (unpaired) electrons. The van der Waals surface area contributed by atoms with E-state index in [1.807, 2.05) is 6.92 Å². The monoisotopic (exact) mass is 314 g/mol. The van der Waals surface area contributed by atoms with Crippen LogP contribution in [0.15, 0.2) is 0 Å². The van der Waals surface area contributed by atoms with Crippen LogP contribution in [-0.2, 0) is 11.3 Å². The Labute approximate surface area is 132 Å². The van der Waals surface area contributed by atoms with E-state index >= 15 is 0 Å². The van der Waals surface area contributed by atoms with Gasteiger partial charge in [-0.25, -0.2) is 0 Å². The number of H-pyrrole nitrogens is 1. The second-order valence-electron chi connectivity index (χ2n) is 6.84. The van der Waals surface area contributed by atoms with Gasteiger partial charge in [-0.1, -0.05) is 25.4 Å². The van der Waals surface area contributed by atoms with E-state index in [0.717, 1.165) is 57.2 Å². The molecular formula is C15H27ClN4O. The van der Waals surface area contributed by atoms with Crippen molar-refractivity contribution in [1.29, 1.82) is 0 Å². The SMILES string of the molecule is Cc1[nH]nc(Cl)c1CN(C)CC(C)(C)CN1CCOCC1. The average molecular weight is 315 g/mol. The highest BCUT2D eigenvalue weighted by molar-refractivity contribution is 6.30. The number of aromatic nitrogens is 2. The second-order valence-corrected chi connectivity index (χ2v) is 7.20. The lowest BCUT2D eigenvalue weighted by molar-refractivity contribution is 0.0161. The number of ether oxygens (including phenoxy) is 1. The summed E-state index contributed by atoms with van der Waals surface area (Å²) in [5.74, 6) is 0. The van der Waals surface area contributed by atoms with Crippen molar-refractivity contribution < 1.29 is 4.74 Å². The highest BCUT2D eigenvalue weighted by Gasteiger charge is 2.25. The smallest absolute Gasteiger partial charge is 0.155 e. The van der Waals surface area contributed by atoms with E-state index in [2.05, 4.69) is 40.9 Å². The van der Waals surface area contributed by atoms with Gasteiger partial charge in [0.2, 0.25) is 0 Å². The van der Waals surface area contributed by atoms with Crippen molar-refractivity contribution in [2.45, 2.75) is 27.3 Å². The molecule has 0 bridgehead atoms. The van der Waals surface area contributed by atoms with Crippen molar-refractivity contribution >= 4 is 11.6 Å². The van der Waals surface area contributed by atoms with Crippen LogP contribution in [0.25, 0.3) is 0 Å². The van der Waals surface area contributed by atoms with Crippen molar-refractivity contribution in [3.63, 3.8) is 0 Å². The van der Waals surface area contributed by atoms with Crippen LogP contribution in [-0.4, -0.2) is 66.4 Å². The van der Waals surface area contributed by atoms with Gasteiger partial charge in [0.1, 0.15) is 0 Å². The van der Waals surface area contributed by atoms with Crippen LogP contribution in [0.5, 0.6) is 0 Å². The molecule has 0 aromatic carbocycles. The number of nitrogens with one attached hydrogen (secondary N) is 1. The van der Waals surface area contributed by atoms with Gasteiger partial charge >= 0.3 is 0 Å². The number of aromatic amines is 1. The van der Waals surface area contributed by atoms with Gasteiger partial charge < -0.3 is 9.64 Å². The summed E-state index contributed by atoms with van der Waals surface area (Å²) in [4.78, 5) is 4.82. The van der Waals surface area contributed by atoms with E-state index in [4.69, 9.17) is 16.3 Å². The third-order valence-corrected chi connectivity index (χ3v) is 4.22. The van der Waals surface area contributed by atoms with E-state index < -0.39 is 0 Å². The van der Waals surface area contributed by atoms with Gasteiger partial charge in [-0.05, 0) is 19.4 Å². The van der Waals surface area contributed by atoms with E-state index in [1.54, 1.807) is 0 Å². The fourth-order valence-electron chi connectivity index (χ4n) is 3.08. The van der Waals surface area contributed by atoms with Crippen LogP contribution in [0.2, 0.25) is 5.15 Å². The fraction of sp³-hybridized carbons (Fsp3) is 0.800. The maximum Gasteiger partial charge on any atom is 0.155 e. The number of nitrogens with zero attached hydrogens (tertiary/aromatic N) is 3. The van der Waals surface area contributed by atoms with Crippen LogP contribution >= 0.6 is 11.6 Å². The Kier molecular flexibility index (Phi) is 5.66. The number of morpholine rings is 1. The highest BCUT2D eigenvalue weighted by Crippen LogP contribution is 2.22. The first-order chi connectivity index (χ1) is 9.87. The minimum Gasteiger partial charge on any atom is -0.379 e. The van der Waals surface area contributed by atoms with Crippen molar-refractivity contribution in [1.82, 2.24) is 20.0 Å².